The molecule has 6 nitrogen and oxygen atoms in total. The van der Waals surface area contributed by atoms with Crippen LogP contribution in [0.3, 0.4) is 0 Å². The molecule has 1 aliphatic carbocycles. The molecule has 1 aromatic carbocycles. The molecule has 2 aliphatic rings. The zero-order chi connectivity index (χ0) is 20.3. The van der Waals surface area contributed by atoms with Gasteiger partial charge in [-0.3, -0.25) is 14.4 Å². The number of nitrogens with zero attached hydrogens (tertiary/aromatic N) is 2. The van der Waals surface area contributed by atoms with Gasteiger partial charge in [-0.15, -0.1) is 0 Å². The summed E-state index contributed by atoms with van der Waals surface area (Å²) in [6.45, 7) is 7.35. The van der Waals surface area contributed by atoms with E-state index in [2.05, 4.69) is 5.32 Å². The van der Waals surface area contributed by atoms with Gasteiger partial charge in [0, 0.05) is 44.7 Å². The first-order valence-corrected chi connectivity index (χ1v) is 10.3. The Morgan fingerprint density at radius 3 is 2.54 bits per heavy atom. The summed E-state index contributed by atoms with van der Waals surface area (Å²) in [7, 11) is 0. The van der Waals surface area contributed by atoms with Crippen LogP contribution in [0.5, 0.6) is 0 Å². The minimum atomic E-state index is -0.140. The van der Waals surface area contributed by atoms with Crippen LogP contribution in [0.2, 0.25) is 0 Å². The van der Waals surface area contributed by atoms with Crippen molar-refractivity contribution in [2.75, 3.05) is 26.2 Å². The molecular weight excluding hydrogens is 354 g/mol. The monoisotopic (exact) mass is 385 g/mol. The van der Waals surface area contributed by atoms with E-state index in [0.717, 1.165) is 36.8 Å². The van der Waals surface area contributed by atoms with Gasteiger partial charge in [0.05, 0.1) is 5.92 Å². The number of benzene rings is 1. The Balaban J connectivity index is 1.83. The summed E-state index contributed by atoms with van der Waals surface area (Å²) in [5.41, 5.74) is 2.74. The molecule has 1 heterocycles. The van der Waals surface area contributed by atoms with E-state index in [1.807, 2.05) is 36.9 Å². The molecular formula is C22H31N3O3. The van der Waals surface area contributed by atoms with E-state index >= 15 is 0 Å². The van der Waals surface area contributed by atoms with Gasteiger partial charge in [-0.1, -0.05) is 30.5 Å². The smallest absolute Gasteiger partial charge is 0.254 e. The lowest BCUT2D eigenvalue weighted by atomic mass is 9.82. The fraction of sp³-hybridized carbons (Fsp3) is 0.591. The summed E-state index contributed by atoms with van der Waals surface area (Å²) in [6.07, 6.45) is 3.73. The fourth-order valence-corrected chi connectivity index (χ4v) is 4.56. The zero-order valence-electron chi connectivity index (χ0n) is 17.2. The molecule has 0 bridgehead atoms. The Kier molecular flexibility index (Phi) is 6.37. The van der Waals surface area contributed by atoms with Gasteiger partial charge in [0.2, 0.25) is 11.8 Å². The third kappa shape index (κ3) is 4.37. The minimum absolute atomic E-state index is 0.0109. The number of hydrogen-bond acceptors (Lipinski definition) is 3. The average Bonchev–Trinajstić information content (AvgIpc) is 2.66. The molecule has 1 aliphatic heterocycles. The van der Waals surface area contributed by atoms with Gasteiger partial charge in [0.1, 0.15) is 0 Å². The van der Waals surface area contributed by atoms with Crippen molar-refractivity contribution in [3.05, 3.63) is 34.9 Å². The van der Waals surface area contributed by atoms with Gasteiger partial charge in [-0.25, -0.2) is 0 Å². The molecule has 2 fully saturated rings. The van der Waals surface area contributed by atoms with Crippen molar-refractivity contribution in [2.24, 2.45) is 5.92 Å². The quantitative estimate of drug-likeness (QED) is 0.806. The summed E-state index contributed by atoms with van der Waals surface area (Å²) >= 11 is 0. The number of carbonyl (C=O) groups excluding carboxylic acids is 3. The number of aryl methyl sites for hydroxylation is 2. The molecule has 1 aromatic rings. The first-order valence-electron chi connectivity index (χ1n) is 10.3. The Hall–Kier alpha value is -2.37. The van der Waals surface area contributed by atoms with E-state index in [4.69, 9.17) is 0 Å². The first kappa shape index (κ1) is 20.4. The standard InChI is InChI=1S/C22H31N3O3/c1-15-8-9-18(16(2)14-15)22(28)24-11-10-23-21(27)19-6-4-5-7-20(19)25(13-12-24)17(3)26/h8-9,14,19-20H,4-7,10-13H2,1-3H3,(H,23,27). The van der Waals surface area contributed by atoms with E-state index in [1.165, 1.54) is 0 Å². The van der Waals surface area contributed by atoms with E-state index in [0.29, 0.717) is 31.7 Å². The van der Waals surface area contributed by atoms with Crippen molar-refractivity contribution >= 4 is 17.7 Å². The number of rotatable bonds is 1. The molecule has 1 saturated heterocycles. The van der Waals surface area contributed by atoms with Crippen LogP contribution in [-0.2, 0) is 9.59 Å². The normalized spacial score (nSPS) is 23.6. The number of nitrogens with one attached hydrogen (secondary N) is 1. The molecule has 0 spiro atoms. The molecule has 1 N–H and O–H groups in total. The van der Waals surface area contributed by atoms with Crippen LogP contribution < -0.4 is 5.32 Å². The Bertz CT molecular complexity index is 761. The maximum atomic E-state index is 13.1. The van der Waals surface area contributed by atoms with Crippen molar-refractivity contribution in [1.82, 2.24) is 15.1 Å². The van der Waals surface area contributed by atoms with Gasteiger partial charge in [0.15, 0.2) is 0 Å². The lowest BCUT2D eigenvalue weighted by molar-refractivity contribution is -0.137. The van der Waals surface area contributed by atoms with Crippen LogP contribution in [0.1, 0.15) is 54.1 Å². The third-order valence-electron chi connectivity index (χ3n) is 6.06. The Morgan fingerprint density at radius 1 is 1.07 bits per heavy atom. The highest BCUT2D eigenvalue weighted by atomic mass is 16.2. The van der Waals surface area contributed by atoms with Crippen molar-refractivity contribution < 1.29 is 14.4 Å². The molecule has 3 amide bonds. The summed E-state index contributed by atoms with van der Waals surface area (Å²) < 4.78 is 0. The van der Waals surface area contributed by atoms with Crippen LogP contribution in [0, 0.1) is 19.8 Å². The van der Waals surface area contributed by atoms with E-state index in [1.54, 1.807) is 11.8 Å². The Morgan fingerprint density at radius 2 is 1.82 bits per heavy atom. The van der Waals surface area contributed by atoms with Gasteiger partial charge < -0.3 is 15.1 Å². The predicted molar refractivity (Wildman–Crippen MR) is 108 cm³/mol. The van der Waals surface area contributed by atoms with Crippen molar-refractivity contribution in [3.8, 4) is 0 Å². The molecule has 2 atom stereocenters. The van der Waals surface area contributed by atoms with Crippen molar-refractivity contribution in [2.45, 2.75) is 52.5 Å². The average molecular weight is 386 g/mol. The first-order chi connectivity index (χ1) is 13.4. The molecule has 0 radical (unpaired) electrons. The van der Waals surface area contributed by atoms with E-state index < -0.39 is 0 Å². The minimum Gasteiger partial charge on any atom is -0.354 e. The summed E-state index contributed by atoms with van der Waals surface area (Å²) in [5.74, 6) is -0.198. The number of carbonyl (C=O) groups is 3. The van der Waals surface area contributed by atoms with Crippen LogP contribution in [0.15, 0.2) is 18.2 Å². The summed E-state index contributed by atoms with van der Waals surface area (Å²) in [6, 6.07) is 5.75. The number of amides is 3. The SMILES string of the molecule is CC(=O)N1CCN(C(=O)c2ccc(C)cc2C)CCNC(=O)C2CCCCC21. The fourth-order valence-electron chi connectivity index (χ4n) is 4.56. The molecule has 6 heteroatoms. The van der Waals surface area contributed by atoms with Gasteiger partial charge in [-0.2, -0.15) is 0 Å². The highest BCUT2D eigenvalue weighted by Gasteiger charge is 2.37. The van der Waals surface area contributed by atoms with Crippen LogP contribution in [-0.4, -0.2) is 59.7 Å². The maximum Gasteiger partial charge on any atom is 0.254 e. The van der Waals surface area contributed by atoms with Crippen LogP contribution in [0.25, 0.3) is 0 Å². The second-order valence-corrected chi connectivity index (χ2v) is 8.07. The molecule has 152 valence electrons. The van der Waals surface area contributed by atoms with Gasteiger partial charge in [-0.05, 0) is 38.3 Å². The van der Waals surface area contributed by atoms with E-state index in [-0.39, 0.29) is 29.7 Å². The second kappa shape index (κ2) is 8.76. The zero-order valence-corrected chi connectivity index (χ0v) is 17.2. The third-order valence-corrected chi connectivity index (χ3v) is 6.06. The molecule has 3 rings (SSSR count). The topological polar surface area (TPSA) is 69.7 Å². The highest BCUT2D eigenvalue weighted by Crippen LogP contribution is 2.29. The van der Waals surface area contributed by atoms with E-state index in [9.17, 15) is 14.4 Å². The van der Waals surface area contributed by atoms with Gasteiger partial charge in [0.25, 0.3) is 5.91 Å². The molecule has 2 unspecified atom stereocenters. The largest absolute Gasteiger partial charge is 0.354 e. The second-order valence-electron chi connectivity index (χ2n) is 8.07. The molecule has 28 heavy (non-hydrogen) atoms. The predicted octanol–water partition coefficient (Wildman–Crippen LogP) is 2.28. The lowest BCUT2D eigenvalue weighted by Crippen LogP contribution is -2.55. The molecule has 0 aromatic heterocycles. The van der Waals surface area contributed by atoms with Crippen LogP contribution >= 0.6 is 0 Å². The van der Waals surface area contributed by atoms with Gasteiger partial charge >= 0.3 is 0 Å². The lowest BCUT2D eigenvalue weighted by Gasteiger charge is -2.41. The van der Waals surface area contributed by atoms with Crippen LogP contribution in [0.4, 0.5) is 0 Å². The maximum absolute atomic E-state index is 13.1. The van der Waals surface area contributed by atoms with Crippen molar-refractivity contribution in [1.29, 1.82) is 0 Å². The summed E-state index contributed by atoms with van der Waals surface area (Å²) in [4.78, 5) is 41.8. The molecule has 1 saturated carbocycles. The number of fused-ring (bicyclic) bond motifs is 1. The summed E-state index contributed by atoms with van der Waals surface area (Å²) in [5, 5.41) is 3.00. The van der Waals surface area contributed by atoms with Crippen molar-refractivity contribution in [3.63, 3.8) is 0 Å². The highest BCUT2D eigenvalue weighted by molar-refractivity contribution is 5.95. The Labute approximate surface area is 167 Å². The number of hydrogen-bond donors (Lipinski definition) is 1.